The summed E-state index contributed by atoms with van der Waals surface area (Å²) in [5.41, 5.74) is -0.190. The second-order valence-electron chi connectivity index (χ2n) is 1.72. The molecular weight excluding hydrogens is 130 g/mol. The van der Waals surface area contributed by atoms with Crippen LogP contribution in [-0.4, -0.2) is 5.54 Å². The number of rotatable bonds is 2. The quantitative estimate of drug-likeness (QED) is 0.515. The van der Waals surface area contributed by atoms with Crippen molar-refractivity contribution in [2.75, 3.05) is 0 Å². The molecule has 0 aliphatic rings. The molecule has 0 aliphatic heterocycles. The molecule has 0 aromatic heterocycles. The Labute approximate surface area is 55.1 Å². The van der Waals surface area contributed by atoms with E-state index < -0.39 is 0 Å². The van der Waals surface area contributed by atoms with Crippen LogP contribution < -0.4 is 0 Å². The van der Waals surface area contributed by atoms with E-state index in [9.17, 15) is 0 Å². The highest BCUT2D eigenvalue weighted by Gasteiger charge is 2.12. The maximum absolute atomic E-state index is 5.49. The third kappa shape index (κ3) is 3.25. The Balaban J connectivity index is 3.14. The van der Waals surface area contributed by atoms with E-state index >= 15 is 0 Å². The third-order valence-corrected chi connectivity index (χ3v) is 1.93. The summed E-state index contributed by atoms with van der Waals surface area (Å²) in [6.45, 7) is 4.10. The molecule has 1 atom stereocenters. The highest BCUT2D eigenvalue weighted by molar-refractivity contribution is 7.34. The van der Waals surface area contributed by atoms with E-state index in [0.29, 0.717) is 5.82 Å². The molecule has 0 nitrogen and oxygen atoms in total. The molecule has 3 heteroatoms. The largest absolute Gasteiger partial charge is 0.354 e. The molecule has 0 radical (unpaired) electrons. The van der Waals surface area contributed by atoms with Crippen molar-refractivity contribution in [3.05, 3.63) is 0 Å². The molecule has 0 saturated heterocycles. The lowest BCUT2D eigenvalue weighted by Gasteiger charge is -2.02. The first-order valence-corrected chi connectivity index (χ1v) is 3.34. The zero-order valence-electron chi connectivity index (χ0n) is 4.62. The average molecular weight is 139 g/mol. The molecule has 0 fully saturated rings. The Bertz CT molecular complexity index is 47.0. The van der Waals surface area contributed by atoms with Gasteiger partial charge in [-0.05, 0) is 5.82 Å². The fourth-order valence-corrected chi connectivity index (χ4v) is 0.535. The molecule has 0 aliphatic carbocycles. The monoisotopic (exact) mass is 138 g/mol. The topological polar surface area (TPSA) is 0 Å². The van der Waals surface area contributed by atoms with Crippen LogP contribution in [0.1, 0.15) is 20.3 Å². The number of hydrogen-bond donors (Lipinski definition) is 0. The van der Waals surface area contributed by atoms with Crippen LogP contribution in [0.5, 0.6) is 0 Å². The van der Waals surface area contributed by atoms with E-state index in [2.05, 4.69) is 6.92 Å². The summed E-state index contributed by atoms with van der Waals surface area (Å²) in [5, 5.41) is 0. The normalized spacial score (nSPS) is 13.7. The van der Waals surface area contributed by atoms with Crippen molar-refractivity contribution in [3.63, 3.8) is 0 Å². The molecular formula is C4H9BCl2. The van der Waals surface area contributed by atoms with Crippen LogP contribution in [0.25, 0.3) is 0 Å². The summed E-state index contributed by atoms with van der Waals surface area (Å²) in [6, 6.07) is 0. The second kappa shape index (κ2) is 3.62. The van der Waals surface area contributed by atoms with Crippen molar-refractivity contribution in [1.29, 1.82) is 0 Å². The maximum Gasteiger partial charge on any atom is 0.354 e. The van der Waals surface area contributed by atoms with Crippen LogP contribution in [0.2, 0.25) is 5.82 Å². The van der Waals surface area contributed by atoms with Gasteiger partial charge in [0.15, 0.2) is 0 Å². The van der Waals surface area contributed by atoms with Crippen LogP contribution in [-0.2, 0) is 0 Å². The summed E-state index contributed by atoms with van der Waals surface area (Å²) in [7, 11) is 0. The Morgan fingerprint density at radius 1 is 1.57 bits per heavy atom. The Kier molecular flexibility index (Phi) is 3.96. The molecule has 0 rings (SSSR count). The molecule has 0 N–H and O–H groups in total. The van der Waals surface area contributed by atoms with Crippen molar-refractivity contribution < 1.29 is 0 Å². The van der Waals surface area contributed by atoms with Gasteiger partial charge < -0.3 is 0 Å². The van der Waals surface area contributed by atoms with Gasteiger partial charge in [0, 0.05) is 0 Å². The Hall–Kier alpha value is 0.645. The Morgan fingerprint density at radius 2 is 2.00 bits per heavy atom. The molecule has 0 saturated carbocycles. The zero-order chi connectivity index (χ0) is 5.86. The van der Waals surface area contributed by atoms with Gasteiger partial charge in [-0.2, -0.15) is 22.9 Å². The standard InChI is InChI=1S/C4H9BCl2/c1-3-4(2)5(6)7/h4H,3H2,1-2H3/t4-/m0/s1. The summed E-state index contributed by atoms with van der Waals surface area (Å²) in [5.74, 6) is 0.434. The Morgan fingerprint density at radius 3 is 2.00 bits per heavy atom. The van der Waals surface area contributed by atoms with E-state index in [-0.39, 0.29) is 5.54 Å². The maximum atomic E-state index is 5.49. The van der Waals surface area contributed by atoms with Gasteiger partial charge in [-0.15, -0.1) is 0 Å². The third-order valence-electron chi connectivity index (χ3n) is 1.07. The molecule has 0 aromatic rings. The minimum Gasteiger partial charge on any atom is -0.171 e. The van der Waals surface area contributed by atoms with Crippen molar-refractivity contribution in [1.82, 2.24) is 0 Å². The fraction of sp³-hybridized carbons (Fsp3) is 1.00. The van der Waals surface area contributed by atoms with Gasteiger partial charge in [-0.3, -0.25) is 0 Å². The van der Waals surface area contributed by atoms with Crippen LogP contribution in [0.3, 0.4) is 0 Å². The summed E-state index contributed by atoms with van der Waals surface area (Å²) in [4.78, 5) is 0. The summed E-state index contributed by atoms with van der Waals surface area (Å²) >= 11 is 11.0. The van der Waals surface area contributed by atoms with Crippen molar-refractivity contribution >= 4 is 28.5 Å². The van der Waals surface area contributed by atoms with Gasteiger partial charge in [-0.1, -0.05) is 20.3 Å². The first kappa shape index (κ1) is 7.64. The molecule has 0 unspecified atom stereocenters. The number of hydrogen-bond acceptors (Lipinski definition) is 0. The van der Waals surface area contributed by atoms with Gasteiger partial charge in [0.05, 0.1) is 0 Å². The fourth-order valence-electron chi connectivity index (χ4n) is 0.178. The van der Waals surface area contributed by atoms with E-state index in [1.807, 2.05) is 6.92 Å². The SMILES string of the molecule is CC[C@H](C)B(Cl)Cl. The lowest BCUT2D eigenvalue weighted by atomic mass is 9.84. The van der Waals surface area contributed by atoms with E-state index in [4.69, 9.17) is 22.9 Å². The molecule has 0 aromatic carbocycles. The van der Waals surface area contributed by atoms with Gasteiger partial charge >= 0.3 is 5.54 Å². The summed E-state index contributed by atoms with van der Waals surface area (Å²) in [6.07, 6.45) is 1.05. The van der Waals surface area contributed by atoms with Crippen LogP contribution in [0.4, 0.5) is 0 Å². The lowest BCUT2D eigenvalue weighted by Crippen LogP contribution is -2.00. The predicted molar refractivity (Wildman–Crippen MR) is 37.2 cm³/mol. The summed E-state index contributed by atoms with van der Waals surface area (Å²) < 4.78 is 0. The molecule has 0 bridgehead atoms. The van der Waals surface area contributed by atoms with Crippen molar-refractivity contribution in [2.24, 2.45) is 0 Å². The van der Waals surface area contributed by atoms with E-state index in [0.717, 1.165) is 6.42 Å². The van der Waals surface area contributed by atoms with E-state index in [1.54, 1.807) is 0 Å². The van der Waals surface area contributed by atoms with Gasteiger partial charge in [-0.25, -0.2) is 0 Å². The van der Waals surface area contributed by atoms with Crippen LogP contribution in [0, 0.1) is 0 Å². The zero-order valence-corrected chi connectivity index (χ0v) is 6.13. The van der Waals surface area contributed by atoms with Crippen LogP contribution in [0.15, 0.2) is 0 Å². The minimum atomic E-state index is -0.190. The van der Waals surface area contributed by atoms with Gasteiger partial charge in [0.25, 0.3) is 0 Å². The molecule has 0 heterocycles. The first-order chi connectivity index (χ1) is 3.18. The van der Waals surface area contributed by atoms with E-state index in [1.165, 1.54) is 0 Å². The second-order valence-corrected chi connectivity index (χ2v) is 2.88. The lowest BCUT2D eigenvalue weighted by molar-refractivity contribution is 0.874. The van der Waals surface area contributed by atoms with Crippen molar-refractivity contribution in [2.45, 2.75) is 26.1 Å². The minimum absolute atomic E-state index is 0.190. The van der Waals surface area contributed by atoms with Gasteiger partial charge in [0.1, 0.15) is 0 Å². The highest BCUT2D eigenvalue weighted by atomic mass is 35.5. The first-order valence-electron chi connectivity index (χ1n) is 2.46. The molecule has 7 heavy (non-hydrogen) atoms. The molecule has 42 valence electrons. The molecule has 0 amide bonds. The smallest absolute Gasteiger partial charge is 0.171 e. The van der Waals surface area contributed by atoms with Crippen molar-refractivity contribution in [3.8, 4) is 0 Å². The van der Waals surface area contributed by atoms with Crippen LogP contribution >= 0.6 is 22.9 Å². The molecule has 0 spiro atoms. The number of halogens is 2. The predicted octanol–water partition coefficient (Wildman–Crippen LogP) is 2.75. The van der Waals surface area contributed by atoms with Gasteiger partial charge in [0.2, 0.25) is 0 Å². The average Bonchev–Trinajstić information content (AvgIpc) is 1.65. The highest BCUT2D eigenvalue weighted by Crippen LogP contribution is 2.18.